The summed E-state index contributed by atoms with van der Waals surface area (Å²) in [5.74, 6) is 1.21. The van der Waals surface area contributed by atoms with Crippen LogP contribution in [0.1, 0.15) is 92.7 Å². The molecule has 0 saturated carbocycles. The number of carbonyl (C=O) groups excluding carboxylic acids is 1. The lowest BCUT2D eigenvalue weighted by molar-refractivity contribution is -0.0976. The predicted molar refractivity (Wildman–Crippen MR) is 147 cm³/mol. The summed E-state index contributed by atoms with van der Waals surface area (Å²) in [5, 5.41) is 1.00. The van der Waals surface area contributed by atoms with Gasteiger partial charge < -0.3 is 19.4 Å². The van der Waals surface area contributed by atoms with Crippen LogP contribution in [0, 0.1) is 12.8 Å². The van der Waals surface area contributed by atoms with Gasteiger partial charge in [-0.3, -0.25) is 4.90 Å². The maximum absolute atomic E-state index is 12.6. The highest BCUT2D eigenvalue weighted by Crippen LogP contribution is 2.44. The van der Waals surface area contributed by atoms with Gasteiger partial charge in [0.15, 0.2) is 6.23 Å². The first kappa shape index (κ1) is 24.8. The number of piperidine rings is 3. The number of rotatable bonds is 2. The molecular weight excluding hydrogens is 462 g/mol. The van der Waals surface area contributed by atoms with Crippen LogP contribution in [0.5, 0.6) is 5.75 Å². The normalized spacial score (nSPS) is 28.6. The second-order valence-corrected chi connectivity index (χ2v) is 11.6. The van der Waals surface area contributed by atoms with Crippen LogP contribution in [-0.4, -0.2) is 58.8 Å². The molecule has 3 fully saturated rings. The fourth-order valence-electron chi connectivity index (χ4n) is 7.52. The van der Waals surface area contributed by atoms with E-state index in [1.54, 1.807) is 0 Å². The van der Waals surface area contributed by atoms with Gasteiger partial charge in [0, 0.05) is 53.3 Å². The van der Waals surface area contributed by atoms with Gasteiger partial charge in [0.2, 0.25) is 0 Å². The molecule has 3 saturated heterocycles. The maximum Gasteiger partial charge on any atom is 0.340 e. The van der Waals surface area contributed by atoms with Crippen LogP contribution in [0.3, 0.4) is 0 Å². The van der Waals surface area contributed by atoms with Crippen molar-refractivity contribution < 1.29 is 14.3 Å². The lowest BCUT2D eigenvalue weighted by atomic mass is 9.80. The van der Waals surface area contributed by atoms with Crippen molar-refractivity contribution in [2.45, 2.75) is 103 Å². The zero-order valence-electron chi connectivity index (χ0n) is 22.6. The SMILES string of the molecule is C1=CN2CCCCC2CC1.CCOC(=O)c1c(C)[nH]c2ccc3c(c12)CC1CCC2CCCCN2C1O3. The van der Waals surface area contributed by atoms with Crippen LogP contribution in [0.2, 0.25) is 0 Å². The third-order valence-corrected chi connectivity index (χ3v) is 9.32. The molecule has 6 heterocycles. The first-order chi connectivity index (χ1) is 18.1. The molecule has 0 aliphatic carbocycles. The Kier molecular flexibility index (Phi) is 7.20. The standard InChI is InChI=1S/C22H28N2O3.C9H15N/c1-3-26-22(25)19-13(2)23-17-9-10-18-16(20(17)19)12-14-7-8-15-6-4-5-11-24(15)21(14)27-18;1-3-7-10-8-4-2-6-9(10)5-1/h9-10,14-15,21,23H,3-8,11-12H2,1-2H3;3,7,9H,1-2,4-6,8H2. The number of hydrogen-bond donors (Lipinski definition) is 1. The number of carbonyl (C=O) groups is 1. The number of fused-ring (bicyclic) bond motifs is 7. The lowest BCUT2D eigenvalue weighted by Gasteiger charge is -2.50. The van der Waals surface area contributed by atoms with Crippen molar-refractivity contribution in [3.63, 3.8) is 0 Å². The number of esters is 1. The third-order valence-electron chi connectivity index (χ3n) is 9.32. The van der Waals surface area contributed by atoms with Crippen LogP contribution in [0.15, 0.2) is 24.4 Å². The average Bonchev–Trinajstić information content (AvgIpc) is 3.29. The van der Waals surface area contributed by atoms with Gasteiger partial charge in [-0.2, -0.15) is 0 Å². The Hall–Kier alpha value is -2.47. The minimum absolute atomic E-state index is 0.195. The van der Waals surface area contributed by atoms with Crippen molar-refractivity contribution >= 4 is 16.9 Å². The van der Waals surface area contributed by atoms with Gasteiger partial charge in [-0.1, -0.05) is 12.5 Å². The Labute approximate surface area is 221 Å². The maximum atomic E-state index is 12.6. The van der Waals surface area contributed by atoms with Crippen molar-refractivity contribution in [2.75, 3.05) is 19.7 Å². The smallest absolute Gasteiger partial charge is 0.340 e. The fourth-order valence-corrected chi connectivity index (χ4v) is 7.52. The lowest BCUT2D eigenvalue weighted by Crippen LogP contribution is -2.57. The number of allylic oxidation sites excluding steroid dienone is 1. The topological polar surface area (TPSA) is 57.8 Å². The highest BCUT2D eigenvalue weighted by atomic mass is 16.5. The number of benzene rings is 1. The first-order valence-electron chi connectivity index (χ1n) is 14.8. The molecule has 37 heavy (non-hydrogen) atoms. The van der Waals surface area contributed by atoms with E-state index < -0.39 is 0 Å². The number of H-pyrrole nitrogens is 1. The van der Waals surface area contributed by atoms with Gasteiger partial charge in [-0.05, 0) is 96.4 Å². The summed E-state index contributed by atoms with van der Waals surface area (Å²) in [6.45, 7) is 6.64. The van der Waals surface area contributed by atoms with Gasteiger partial charge in [-0.25, -0.2) is 4.79 Å². The average molecular weight is 506 g/mol. The van der Waals surface area contributed by atoms with E-state index in [1.165, 1.54) is 76.3 Å². The van der Waals surface area contributed by atoms with Gasteiger partial charge in [0.05, 0.1) is 12.2 Å². The third kappa shape index (κ3) is 4.78. The van der Waals surface area contributed by atoms with Gasteiger partial charge >= 0.3 is 5.97 Å². The minimum atomic E-state index is -0.239. The quantitative estimate of drug-likeness (QED) is 0.484. The predicted octanol–water partition coefficient (Wildman–Crippen LogP) is 6.33. The molecule has 4 unspecified atom stereocenters. The molecule has 0 bridgehead atoms. The minimum Gasteiger partial charge on any atom is -0.474 e. The molecule has 0 radical (unpaired) electrons. The summed E-state index contributed by atoms with van der Waals surface area (Å²) in [7, 11) is 0. The van der Waals surface area contributed by atoms with E-state index in [0.717, 1.165) is 41.4 Å². The first-order valence-corrected chi connectivity index (χ1v) is 14.8. The molecule has 1 N–H and O–H groups in total. The summed E-state index contributed by atoms with van der Waals surface area (Å²) in [6.07, 6.45) is 19.2. The number of ether oxygens (including phenoxy) is 2. The number of aryl methyl sites for hydroxylation is 1. The second-order valence-electron chi connectivity index (χ2n) is 11.6. The number of nitrogens with one attached hydrogen (secondary N) is 1. The number of hydrogen-bond acceptors (Lipinski definition) is 5. The van der Waals surface area contributed by atoms with Gasteiger partial charge in [-0.15, -0.1) is 0 Å². The van der Waals surface area contributed by atoms with Crippen LogP contribution in [-0.2, 0) is 11.2 Å². The molecular formula is C31H43N3O3. The van der Waals surface area contributed by atoms with Gasteiger partial charge in [0.1, 0.15) is 5.75 Å². The van der Waals surface area contributed by atoms with Crippen LogP contribution in [0.4, 0.5) is 0 Å². The highest BCUT2D eigenvalue weighted by Gasteiger charge is 2.43. The Morgan fingerprint density at radius 2 is 1.89 bits per heavy atom. The van der Waals surface area contributed by atoms with E-state index >= 15 is 0 Å². The Morgan fingerprint density at radius 1 is 1.05 bits per heavy atom. The summed E-state index contributed by atoms with van der Waals surface area (Å²) in [6, 6.07) is 5.71. The van der Waals surface area contributed by atoms with E-state index in [4.69, 9.17) is 9.47 Å². The molecule has 1 aromatic heterocycles. The molecule has 6 heteroatoms. The number of aromatic nitrogens is 1. The van der Waals surface area contributed by atoms with Crippen molar-refractivity contribution in [2.24, 2.45) is 5.92 Å². The molecule has 5 aliphatic heterocycles. The molecule has 1 aromatic carbocycles. The molecule has 0 amide bonds. The number of nitrogens with zero attached hydrogens (tertiary/aromatic N) is 2. The Bertz CT molecular complexity index is 1150. The van der Waals surface area contributed by atoms with Crippen LogP contribution in [0.25, 0.3) is 10.9 Å². The zero-order chi connectivity index (χ0) is 25.4. The van der Waals surface area contributed by atoms with Crippen LogP contribution < -0.4 is 4.74 Å². The molecule has 4 atom stereocenters. The summed E-state index contributed by atoms with van der Waals surface area (Å²) in [4.78, 5) is 21.1. The van der Waals surface area contributed by atoms with Crippen LogP contribution >= 0.6 is 0 Å². The van der Waals surface area contributed by atoms with Crippen molar-refractivity contribution in [1.82, 2.24) is 14.8 Å². The summed E-state index contributed by atoms with van der Waals surface area (Å²) < 4.78 is 11.9. The summed E-state index contributed by atoms with van der Waals surface area (Å²) in [5.41, 5.74) is 3.73. The summed E-state index contributed by atoms with van der Waals surface area (Å²) >= 11 is 0. The van der Waals surface area contributed by atoms with E-state index in [0.29, 0.717) is 24.1 Å². The highest BCUT2D eigenvalue weighted by molar-refractivity contribution is 6.07. The molecule has 0 spiro atoms. The molecule has 6 nitrogen and oxygen atoms in total. The second kappa shape index (κ2) is 10.7. The van der Waals surface area contributed by atoms with E-state index in [2.05, 4.69) is 33.1 Å². The van der Waals surface area contributed by atoms with Gasteiger partial charge in [0.25, 0.3) is 0 Å². The Balaban J connectivity index is 0.000000210. The number of aromatic amines is 1. The molecule has 7 rings (SSSR count). The fraction of sp³-hybridized carbons (Fsp3) is 0.645. The van der Waals surface area contributed by atoms with Crippen molar-refractivity contribution in [1.29, 1.82) is 0 Å². The van der Waals surface area contributed by atoms with E-state index in [9.17, 15) is 4.79 Å². The van der Waals surface area contributed by atoms with E-state index in [1.807, 2.05) is 19.9 Å². The van der Waals surface area contributed by atoms with Crippen molar-refractivity contribution in [3.8, 4) is 5.75 Å². The molecule has 2 aromatic rings. The zero-order valence-corrected chi connectivity index (χ0v) is 22.6. The molecule has 5 aliphatic rings. The largest absolute Gasteiger partial charge is 0.474 e. The van der Waals surface area contributed by atoms with E-state index in [-0.39, 0.29) is 12.2 Å². The monoisotopic (exact) mass is 505 g/mol. The Morgan fingerprint density at radius 3 is 2.73 bits per heavy atom. The molecule has 200 valence electrons. The van der Waals surface area contributed by atoms with Crippen molar-refractivity contribution in [3.05, 3.63) is 41.2 Å².